The molecule has 2 N–H and O–H groups in total. The second-order valence-electron chi connectivity index (χ2n) is 5.20. The molecule has 1 saturated heterocycles. The molecule has 2 atom stereocenters. The zero-order chi connectivity index (χ0) is 16.8. The number of hydrogen-bond donors (Lipinski definition) is 2. The third-order valence-electron chi connectivity index (χ3n) is 3.66. The van der Waals surface area contributed by atoms with Crippen molar-refractivity contribution in [2.75, 3.05) is 32.1 Å². The van der Waals surface area contributed by atoms with Crippen LogP contribution < -0.4 is 5.32 Å². The largest absolute Gasteiger partial charge is 0.480 e. The molecule has 1 rings (SSSR count). The van der Waals surface area contributed by atoms with Crippen LogP contribution in [-0.2, 0) is 24.3 Å². The molecular formula is C13H24N2O6S. The minimum atomic E-state index is -3.73. The summed E-state index contributed by atoms with van der Waals surface area (Å²) in [6, 6.07) is -1.13. The maximum Gasteiger partial charge on any atom is 0.326 e. The Balaban J connectivity index is 2.69. The van der Waals surface area contributed by atoms with Crippen molar-refractivity contribution in [3.05, 3.63) is 0 Å². The normalized spacial score (nSPS) is 20.6. The summed E-state index contributed by atoms with van der Waals surface area (Å²) in [4.78, 5) is 23.2. The second-order valence-corrected chi connectivity index (χ2v) is 7.17. The third-order valence-corrected chi connectivity index (χ3v) is 5.59. The number of nitrogens with one attached hydrogen (secondary N) is 1. The zero-order valence-corrected chi connectivity index (χ0v) is 13.8. The van der Waals surface area contributed by atoms with E-state index in [1.807, 2.05) is 0 Å². The Morgan fingerprint density at radius 1 is 1.36 bits per heavy atom. The molecule has 0 aromatic heterocycles. The minimum absolute atomic E-state index is 0.250. The van der Waals surface area contributed by atoms with Gasteiger partial charge in [0.15, 0.2) is 0 Å². The van der Waals surface area contributed by atoms with Gasteiger partial charge in [-0.05, 0) is 12.8 Å². The van der Waals surface area contributed by atoms with E-state index in [1.165, 1.54) is 4.31 Å². The fraction of sp³-hybridized carbons (Fsp3) is 0.846. The van der Waals surface area contributed by atoms with Crippen molar-refractivity contribution < 1.29 is 27.9 Å². The number of hydrogen-bond acceptors (Lipinski definition) is 5. The van der Waals surface area contributed by atoms with Gasteiger partial charge in [0.2, 0.25) is 15.9 Å². The van der Waals surface area contributed by atoms with Crippen LogP contribution in [0.15, 0.2) is 0 Å². The zero-order valence-electron chi connectivity index (χ0n) is 12.9. The molecule has 0 aromatic rings. The molecule has 1 heterocycles. The minimum Gasteiger partial charge on any atom is -0.480 e. The number of carbonyl (C=O) groups excluding carboxylic acids is 1. The van der Waals surface area contributed by atoms with Crippen molar-refractivity contribution in [3.63, 3.8) is 0 Å². The van der Waals surface area contributed by atoms with Gasteiger partial charge in [-0.2, -0.15) is 0 Å². The number of amides is 1. The number of aliphatic carboxylic acids is 1. The average molecular weight is 336 g/mol. The van der Waals surface area contributed by atoms with Crippen LogP contribution >= 0.6 is 0 Å². The van der Waals surface area contributed by atoms with Crippen molar-refractivity contribution in [2.24, 2.45) is 5.92 Å². The lowest BCUT2D eigenvalue weighted by atomic mass is 9.94. The van der Waals surface area contributed by atoms with Crippen molar-refractivity contribution >= 4 is 21.9 Å². The Hall–Kier alpha value is -1.19. The van der Waals surface area contributed by atoms with Gasteiger partial charge in [-0.3, -0.25) is 4.79 Å². The van der Waals surface area contributed by atoms with Gasteiger partial charge in [-0.1, -0.05) is 13.8 Å². The predicted molar refractivity (Wildman–Crippen MR) is 79.8 cm³/mol. The van der Waals surface area contributed by atoms with E-state index in [-0.39, 0.29) is 25.6 Å². The maximum absolute atomic E-state index is 12.0. The summed E-state index contributed by atoms with van der Waals surface area (Å²) in [6.07, 6.45) is 1.35. The van der Waals surface area contributed by atoms with Crippen LogP contribution in [0.4, 0.5) is 0 Å². The SMILES string of the molecule is CCN(CC)S(=O)(=O)CC(=O)NC(C(=O)O)C1CCCOC1. The third kappa shape index (κ3) is 5.22. The Bertz CT molecular complexity index is 483. The van der Waals surface area contributed by atoms with Crippen LogP contribution in [-0.4, -0.2) is 67.8 Å². The van der Waals surface area contributed by atoms with Crippen LogP contribution in [0.2, 0.25) is 0 Å². The molecule has 1 aliphatic heterocycles. The number of sulfonamides is 1. The molecule has 128 valence electrons. The van der Waals surface area contributed by atoms with Crippen molar-refractivity contribution in [2.45, 2.75) is 32.7 Å². The lowest BCUT2D eigenvalue weighted by molar-refractivity contribution is -0.144. The molecule has 0 saturated carbocycles. The molecule has 22 heavy (non-hydrogen) atoms. The molecule has 0 aliphatic carbocycles. The molecule has 1 amide bonds. The van der Waals surface area contributed by atoms with Crippen molar-refractivity contribution in [1.82, 2.24) is 9.62 Å². The fourth-order valence-electron chi connectivity index (χ4n) is 2.50. The first-order valence-electron chi connectivity index (χ1n) is 7.39. The van der Waals surface area contributed by atoms with E-state index in [0.29, 0.717) is 13.0 Å². The fourth-order valence-corrected chi connectivity index (χ4v) is 3.88. The van der Waals surface area contributed by atoms with Gasteiger partial charge >= 0.3 is 5.97 Å². The Labute approximate surface area is 130 Å². The van der Waals surface area contributed by atoms with E-state index in [1.54, 1.807) is 13.8 Å². The summed E-state index contributed by atoms with van der Waals surface area (Å²) in [6.45, 7) is 4.72. The number of carboxylic acid groups (broad SMARTS) is 1. The first kappa shape index (κ1) is 18.9. The quantitative estimate of drug-likeness (QED) is 0.627. The topological polar surface area (TPSA) is 113 Å². The summed E-state index contributed by atoms with van der Waals surface area (Å²) in [7, 11) is -3.73. The number of nitrogens with zero attached hydrogens (tertiary/aromatic N) is 1. The van der Waals surface area contributed by atoms with Crippen LogP contribution in [0.1, 0.15) is 26.7 Å². The maximum atomic E-state index is 12.0. The van der Waals surface area contributed by atoms with E-state index < -0.39 is 33.7 Å². The molecule has 1 fully saturated rings. The Kier molecular flexibility index (Phi) is 7.24. The predicted octanol–water partition coefficient (Wildman–Crippen LogP) is -0.346. The van der Waals surface area contributed by atoms with Gasteiger partial charge < -0.3 is 15.2 Å². The highest BCUT2D eigenvalue weighted by Gasteiger charge is 2.33. The Morgan fingerprint density at radius 2 is 2.00 bits per heavy atom. The molecular weight excluding hydrogens is 312 g/mol. The van der Waals surface area contributed by atoms with Gasteiger partial charge in [-0.15, -0.1) is 0 Å². The smallest absolute Gasteiger partial charge is 0.326 e. The summed E-state index contributed by atoms with van der Waals surface area (Å²) in [5.74, 6) is -3.06. The molecule has 0 spiro atoms. The molecule has 9 heteroatoms. The molecule has 1 aliphatic rings. The van der Waals surface area contributed by atoms with Crippen molar-refractivity contribution in [3.8, 4) is 0 Å². The summed E-state index contributed by atoms with van der Waals surface area (Å²) >= 11 is 0. The number of rotatable bonds is 8. The number of carbonyl (C=O) groups is 2. The standard InChI is InChI=1S/C13H24N2O6S/c1-3-15(4-2)22(19,20)9-11(16)14-12(13(17)18)10-6-5-7-21-8-10/h10,12H,3-9H2,1-2H3,(H,14,16)(H,17,18). The highest BCUT2D eigenvalue weighted by atomic mass is 32.2. The van der Waals surface area contributed by atoms with Crippen molar-refractivity contribution in [1.29, 1.82) is 0 Å². The van der Waals surface area contributed by atoms with Crippen LogP contribution in [0.5, 0.6) is 0 Å². The molecule has 8 nitrogen and oxygen atoms in total. The monoisotopic (exact) mass is 336 g/mol. The van der Waals surface area contributed by atoms with Crippen LogP contribution in [0.3, 0.4) is 0 Å². The lowest BCUT2D eigenvalue weighted by Gasteiger charge is -2.28. The first-order chi connectivity index (χ1) is 10.3. The summed E-state index contributed by atoms with van der Waals surface area (Å²) in [5, 5.41) is 11.6. The van der Waals surface area contributed by atoms with Gasteiger partial charge in [-0.25, -0.2) is 17.5 Å². The average Bonchev–Trinajstić information content (AvgIpc) is 2.45. The number of ether oxygens (including phenoxy) is 1. The molecule has 0 bridgehead atoms. The highest BCUT2D eigenvalue weighted by molar-refractivity contribution is 7.89. The number of carboxylic acids is 1. The van der Waals surface area contributed by atoms with Crippen LogP contribution in [0, 0.1) is 5.92 Å². The summed E-state index contributed by atoms with van der Waals surface area (Å²) in [5.41, 5.74) is 0. The molecule has 0 aromatic carbocycles. The van der Waals surface area contributed by atoms with E-state index in [4.69, 9.17) is 4.74 Å². The lowest BCUT2D eigenvalue weighted by Crippen LogP contribution is -2.50. The van der Waals surface area contributed by atoms with Gasteiger partial charge in [0.25, 0.3) is 0 Å². The van der Waals surface area contributed by atoms with E-state index in [9.17, 15) is 23.1 Å². The molecule has 0 radical (unpaired) electrons. The first-order valence-corrected chi connectivity index (χ1v) is 9.00. The Morgan fingerprint density at radius 3 is 2.45 bits per heavy atom. The van der Waals surface area contributed by atoms with E-state index >= 15 is 0 Å². The summed E-state index contributed by atoms with van der Waals surface area (Å²) < 4.78 is 30.4. The van der Waals surface area contributed by atoms with Gasteiger partial charge in [0.05, 0.1) is 6.61 Å². The second kappa shape index (κ2) is 8.44. The van der Waals surface area contributed by atoms with Gasteiger partial charge in [0, 0.05) is 25.6 Å². The molecule has 2 unspecified atom stereocenters. The van der Waals surface area contributed by atoms with Gasteiger partial charge in [0.1, 0.15) is 11.8 Å². The highest BCUT2D eigenvalue weighted by Crippen LogP contribution is 2.18. The van der Waals surface area contributed by atoms with Crippen LogP contribution in [0.25, 0.3) is 0 Å². The van der Waals surface area contributed by atoms with E-state index in [0.717, 1.165) is 6.42 Å². The van der Waals surface area contributed by atoms with E-state index in [2.05, 4.69) is 5.32 Å².